The minimum absolute atomic E-state index is 0.0207. The number of alkyl halides is 1. The summed E-state index contributed by atoms with van der Waals surface area (Å²) in [6.07, 6.45) is 3.25. The summed E-state index contributed by atoms with van der Waals surface area (Å²) in [6.45, 7) is 8.60. The van der Waals surface area contributed by atoms with Gasteiger partial charge in [-0.15, -0.1) is 0 Å². The lowest BCUT2D eigenvalue weighted by Gasteiger charge is -2.29. The molecule has 0 aromatic carbocycles. The molecule has 2 heterocycles. The van der Waals surface area contributed by atoms with Gasteiger partial charge in [-0.05, 0) is 60.6 Å². The molecule has 27 heavy (non-hydrogen) atoms. The second kappa shape index (κ2) is 8.87. The van der Waals surface area contributed by atoms with Gasteiger partial charge in [0.1, 0.15) is 6.04 Å². The number of amides is 3. The molecule has 8 heteroatoms. The number of nitrogens with one attached hydrogen (secondary N) is 1. The first-order valence-electron chi connectivity index (χ1n) is 9.56. The molecule has 2 rings (SSSR count). The van der Waals surface area contributed by atoms with Gasteiger partial charge in [0.15, 0.2) is 9.83 Å². The summed E-state index contributed by atoms with van der Waals surface area (Å²) in [7, 11) is 0. The Morgan fingerprint density at radius 1 is 1.04 bits per heavy atom. The lowest BCUT2D eigenvalue weighted by molar-refractivity contribution is -0.141. The van der Waals surface area contributed by atoms with Crippen molar-refractivity contribution in [3.63, 3.8) is 0 Å². The van der Waals surface area contributed by atoms with Gasteiger partial charge in [0.05, 0.1) is 6.04 Å². The Morgan fingerprint density at radius 2 is 1.59 bits per heavy atom. The highest BCUT2D eigenvalue weighted by Gasteiger charge is 2.39. The maximum atomic E-state index is 12.7. The maximum Gasteiger partial charge on any atom is 0.256 e. The van der Waals surface area contributed by atoms with E-state index in [0.29, 0.717) is 32.4 Å². The smallest absolute Gasteiger partial charge is 0.256 e. The van der Waals surface area contributed by atoms with Crippen molar-refractivity contribution in [1.29, 1.82) is 0 Å². The zero-order valence-corrected chi connectivity index (χ0v) is 18.7. The molecule has 0 aliphatic carbocycles. The van der Waals surface area contributed by atoms with Crippen molar-refractivity contribution in [3.8, 4) is 0 Å². The topological polar surface area (TPSA) is 86.8 Å². The Morgan fingerprint density at radius 3 is 2.15 bits per heavy atom. The van der Waals surface area contributed by atoms with E-state index in [1.54, 1.807) is 9.80 Å². The number of hydrogen-bond donors (Lipinski definition) is 1. The van der Waals surface area contributed by atoms with Gasteiger partial charge in [-0.25, -0.2) is 0 Å². The Hall–Kier alpha value is -1.19. The molecule has 2 fully saturated rings. The van der Waals surface area contributed by atoms with E-state index in [2.05, 4.69) is 5.32 Å². The Bertz CT molecular complexity index is 617. The van der Waals surface area contributed by atoms with E-state index < -0.39 is 10.1 Å². The van der Waals surface area contributed by atoms with Crippen molar-refractivity contribution < 1.29 is 19.2 Å². The molecule has 3 amide bonds. The Kier molecular flexibility index (Phi) is 7.27. The largest absolute Gasteiger partial charge is 0.334 e. The van der Waals surface area contributed by atoms with Crippen LogP contribution in [0.4, 0.5) is 0 Å². The normalized spacial score (nSPS) is 24.0. The van der Waals surface area contributed by atoms with Crippen molar-refractivity contribution >= 4 is 46.1 Å². The predicted molar refractivity (Wildman–Crippen MR) is 110 cm³/mol. The summed E-state index contributed by atoms with van der Waals surface area (Å²) in [4.78, 5) is 52.9. The lowest BCUT2D eigenvalue weighted by atomic mass is 9.91. The quantitative estimate of drug-likeness (QED) is 0.362. The summed E-state index contributed by atoms with van der Waals surface area (Å²) in [5.74, 6) is -0.577. The van der Waals surface area contributed by atoms with Crippen LogP contribution in [0.3, 0.4) is 0 Å². The van der Waals surface area contributed by atoms with Crippen LogP contribution in [0.1, 0.15) is 59.8 Å². The average Bonchev–Trinajstić information content (AvgIpc) is 3.21. The second-order valence-corrected chi connectivity index (χ2v) is 9.90. The first-order chi connectivity index (χ1) is 12.5. The van der Waals surface area contributed by atoms with Gasteiger partial charge in [0.2, 0.25) is 11.8 Å². The average molecular weight is 491 g/mol. The summed E-state index contributed by atoms with van der Waals surface area (Å²) < 4.78 is -0.741. The van der Waals surface area contributed by atoms with Crippen molar-refractivity contribution in [1.82, 2.24) is 15.1 Å². The molecule has 1 N–H and O–H groups in total. The highest BCUT2D eigenvalue weighted by atomic mass is 127. The number of halogens is 1. The molecule has 2 saturated heterocycles. The van der Waals surface area contributed by atoms with Crippen LogP contribution >= 0.6 is 22.6 Å². The summed E-state index contributed by atoms with van der Waals surface area (Å²) in [5.41, 5.74) is -0.139. The van der Waals surface area contributed by atoms with E-state index in [-0.39, 0.29) is 35.0 Å². The third-order valence-corrected chi connectivity index (χ3v) is 5.89. The number of carbonyl (C=O) groups is 4. The molecule has 2 aliphatic rings. The molecule has 152 valence electrons. The van der Waals surface area contributed by atoms with Gasteiger partial charge in [0, 0.05) is 19.5 Å². The van der Waals surface area contributed by atoms with Crippen LogP contribution in [0.25, 0.3) is 0 Å². The number of likely N-dealkylation sites (tertiary alicyclic amines) is 2. The second-order valence-electron chi connectivity index (χ2n) is 8.65. The molecule has 0 spiro atoms. The van der Waals surface area contributed by atoms with Crippen LogP contribution < -0.4 is 5.32 Å². The highest BCUT2D eigenvalue weighted by Crippen LogP contribution is 2.25. The molecule has 0 saturated carbocycles. The van der Waals surface area contributed by atoms with Crippen LogP contribution in [0.5, 0.6) is 0 Å². The molecule has 0 aromatic rings. The molecule has 0 aromatic heterocycles. The first-order valence-corrected chi connectivity index (χ1v) is 10.8. The van der Waals surface area contributed by atoms with Gasteiger partial charge in [-0.2, -0.15) is 0 Å². The van der Waals surface area contributed by atoms with E-state index in [9.17, 15) is 19.2 Å². The van der Waals surface area contributed by atoms with Crippen LogP contribution in [0.15, 0.2) is 0 Å². The number of hydrogen-bond acceptors (Lipinski definition) is 4. The molecule has 0 radical (unpaired) electrons. The zero-order valence-electron chi connectivity index (χ0n) is 16.6. The fourth-order valence-electron chi connectivity index (χ4n) is 3.77. The lowest BCUT2D eigenvalue weighted by Crippen LogP contribution is -2.53. The zero-order chi connectivity index (χ0) is 20.4. The molecule has 3 atom stereocenters. The predicted octanol–water partition coefficient (Wildman–Crippen LogP) is 1.87. The standard InChI is InChI=1S/C19H30IN3O4/c1-12(24)13-7-5-10-23(13)18(27)16(20)21-17(26)14-8-6-9-22(14)15(25)11-19(2,3)4/h13-14,16H,5-11H2,1-4H3,(H,21,26). The number of carbonyl (C=O) groups excluding carboxylic acids is 4. The highest BCUT2D eigenvalue weighted by molar-refractivity contribution is 14.1. The van der Waals surface area contributed by atoms with Gasteiger partial charge in [-0.3, -0.25) is 19.2 Å². The Labute approximate surface area is 174 Å². The minimum Gasteiger partial charge on any atom is -0.334 e. The van der Waals surface area contributed by atoms with E-state index >= 15 is 0 Å². The summed E-state index contributed by atoms with van der Waals surface area (Å²) in [5, 5.41) is 2.76. The van der Waals surface area contributed by atoms with E-state index in [1.165, 1.54) is 6.92 Å². The minimum atomic E-state index is -0.741. The van der Waals surface area contributed by atoms with E-state index in [4.69, 9.17) is 0 Å². The van der Waals surface area contributed by atoms with Crippen LogP contribution in [-0.4, -0.2) is 62.5 Å². The van der Waals surface area contributed by atoms with Gasteiger partial charge >= 0.3 is 0 Å². The molecular formula is C19H30IN3O4. The third-order valence-electron chi connectivity index (χ3n) is 5.05. The SMILES string of the molecule is CC(=O)C1CCCN1C(=O)C(I)NC(=O)C1CCCN1C(=O)CC(C)(C)C. The van der Waals surface area contributed by atoms with Gasteiger partial charge in [0.25, 0.3) is 5.91 Å². The van der Waals surface area contributed by atoms with Gasteiger partial charge in [-0.1, -0.05) is 20.8 Å². The monoisotopic (exact) mass is 491 g/mol. The number of rotatable bonds is 5. The van der Waals surface area contributed by atoms with Crippen LogP contribution in [0, 0.1) is 5.41 Å². The summed E-state index contributed by atoms with van der Waals surface area (Å²) >= 11 is 1.90. The number of Topliss-reactive ketones (excluding diaryl/α,β-unsaturated/α-hetero) is 1. The Balaban J connectivity index is 1.97. The third kappa shape index (κ3) is 5.65. The molecule has 2 aliphatic heterocycles. The van der Waals surface area contributed by atoms with E-state index in [1.807, 2.05) is 43.4 Å². The number of nitrogens with zero attached hydrogens (tertiary/aromatic N) is 2. The van der Waals surface area contributed by atoms with Crippen molar-refractivity contribution in [2.45, 2.75) is 75.9 Å². The first kappa shape index (κ1) is 22.1. The molecule has 7 nitrogen and oxygen atoms in total. The van der Waals surface area contributed by atoms with Crippen molar-refractivity contribution in [2.24, 2.45) is 5.41 Å². The maximum absolute atomic E-state index is 12.7. The van der Waals surface area contributed by atoms with E-state index in [0.717, 1.165) is 12.8 Å². The van der Waals surface area contributed by atoms with Crippen molar-refractivity contribution in [2.75, 3.05) is 13.1 Å². The molecule has 3 unspecified atom stereocenters. The van der Waals surface area contributed by atoms with Crippen molar-refractivity contribution in [3.05, 3.63) is 0 Å². The fraction of sp³-hybridized carbons (Fsp3) is 0.789. The fourth-order valence-corrected chi connectivity index (χ4v) is 4.44. The molecular weight excluding hydrogens is 461 g/mol. The summed E-state index contributed by atoms with van der Waals surface area (Å²) in [6, 6.07) is -0.907. The van der Waals surface area contributed by atoms with Crippen LogP contribution in [0.2, 0.25) is 0 Å². The molecule has 0 bridgehead atoms. The number of ketones is 1. The van der Waals surface area contributed by atoms with Gasteiger partial charge < -0.3 is 15.1 Å². The van der Waals surface area contributed by atoms with Crippen LogP contribution in [-0.2, 0) is 19.2 Å².